The van der Waals surface area contributed by atoms with E-state index in [2.05, 4.69) is 5.32 Å². The molecular formula is C17H19NO3. The van der Waals surface area contributed by atoms with Gasteiger partial charge >= 0.3 is 5.97 Å². The van der Waals surface area contributed by atoms with Crippen LogP contribution < -0.4 is 5.32 Å². The third-order valence-electron chi connectivity index (χ3n) is 3.45. The van der Waals surface area contributed by atoms with Gasteiger partial charge in [-0.3, -0.25) is 0 Å². The van der Waals surface area contributed by atoms with Gasteiger partial charge in [0.2, 0.25) is 0 Å². The molecule has 0 aliphatic rings. The van der Waals surface area contributed by atoms with Gasteiger partial charge in [0, 0.05) is 19.3 Å². The minimum absolute atomic E-state index is 0.324. The van der Waals surface area contributed by atoms with Gasteiger partial charge in [0.1, 0.15) is 0 Å². The van der Waals surface area contributed by atoms with Crippen molar-refractivity contribution in [1.82, 2.24) is 0 Å². The number of hydrogen-bond donors (Lipinski definition) is 2. The van der Waals surface area contributed by atoms with Gasteiger partial charge in [-0.15, -0.1) is 0 Å². The third kappa shape index (κ3) is 3.61. The fourth-order valence-electron chi connectivity index (χ4n) is 2.28. The minimum Gasteiger partial charge on any atom is -0.478 e. The van der Waals surface area contributed by atoms with Crippen molar-refractivity contribution < 1.29 is 14.6 Å². The van der Waals surface area contributed by atoms with Crippen LogP contribution in [-0.4, -0.2) is 18.2 Å². The standard InChI is InChI=1S/C17H19NO3/c1-12-15(17(19)20)8-5-9-16(12)18-10-13-6-3-4-7-14(13)11-21-2/h3-9,18H,10-11H2,1-2H3,(H,19,20). The fraction of sp³-hybridized carbons (Fsp3) is 0.235. The number of nitrogens with one attached hydrogen (secondary N) is 1. The van der Waals surface area contributed by atoms with E-state index in [4.69, 9.17) is 9.84 Å². The van der Waals surface area contributed by atoms with Crippen molar-refractivity contribution in [2.75, 3.05) is 12.4 Å². The number of carboxylic acids is 1. The van der Waals surface area contributed by atoms with Crippen molar-refractivity contribution in [2.45, 2.75) is 20.1 Å². The summed E-state index contributed by atoms with van der Waals surface area (Å²) in [5.41, 5.74) is 4.17. The first-order valence-corrected chi connectivity index (χ1v) is 6.76. The number of carboxylic acid groups (broad SMARTS) is 1. The summed E-state index contributed by atoms with van der Waals surface area (Å²) in [5, 5.41) is 12.4. The molecule has 0 saturated carbocycles. The Labute approximate surface area is 124 Å². The van der Waals surface area contributed by atoms with Crippen LogP contribution in [0.5, 0.6) is 0 Å². The quantitative estimate of drug-likeness (QED) is 0.853. The topological polar surface area (TPSA) is 58.6 Å². The predicted octanol–water partition coefficient (Wildman–Crippen LogP) is 3.45. The summed E-state index contributed by atoms with van der Waals surface area (Å²) in [4.78, 5) is 11.1. The third-order valence-corrected chi connectivity index (χ3v) is 3.45. The molecule has 0 aliphatic heterocycles. The van der Waals surface area contributed by atoms with Crippen molar-refractivity contribution in [2.24, 2.45) is 0 Å². The first kappa shape index (κ1) is 15.1. The van der Waals surface area contributed by atoms with Crippen molar-refractivity contribution in [3.8, 4) is 0 Å². The molecule has 21 heavy (non-hydrogen) atoms. The lowest BCUT2D eigenvalue weighted by Gasteiger charge is -2.14. The molecule has 2 N–H and O–H groups in total. The molecule has 0 aliphatic carbocycles. The highest BCUT2D eigenvalue weighted by Crippen LogP contribution is 2.20. The Kier molecular flexibility index (Phi) is 4.95. The van der Waals surface area contributed by atoms with E-state index >= 15 is 0 Å². The fourth-order valence-corrected chi connectivity index (χ4v) is 2.28. The van der Waals surface area contributed by atoms with Crippen LogP contribution in [0.3, 0.4) is 0 Å². The van der Waals surface area contributed by atoms with Crippen molar-refractivity contribution in [1.29, 1.82) is 0 Å². The van der Waals surface area contributed by atoms with Crippen LogP contribution in [0.2, 0.25) is 0 Å². The normalized spacial score (nSPS) is 10.4. The molecule has 4 nitrogen and oxygen atoms in total. The summed E-state index contributed by atoms with van der Waals surface area (Å²) in [5.74, 6) is -0.907. The average molecular weight is 285 g/mol. The van der Waals surface area contributed by atoms with Gasteiger partial charge in [-0.25, -0.2) is 4.79 Å². The minimum atomic E-state index is -0.907. The van der Waals surface area contributed by atoms with Gasteiger partial charge in [-0.2, -0.15) is 0 Å². The van der Waals surface area contributed by atoms with E-state index in [1.807, 2.05) is 37.3 Å². The van der Waals surface area contributed by atoms with E-state index in [0.717, 1.165) is 22.4 Å². The van der Waals surface area contributed by atoms with Crippen LogP contribution in [0.4, 0.5) is 5.69 Å². The number of benzene rings is 2. The lowest BCUT2D eigenvalue weighted by atomic mass is 10.1. The Hall–Kier alpha value is -2.33. The van der Waals surface area contributed by atoms with Crippen LogP contribution in [0.15, 0.2) is 42.5 Å². The highest BCUT2D eigenvalue weighted by molar-refractivity contribution is 5.91. The van der Waals surface area contributed by atoms with Crippen LogP contribution in [0, 0.1) is 6.92 Å². The second-order valence-corrected chi connectivity index (χ2v) is 4.84. The molecule has 0 fully saturated rings. The molecular weight excluding hydrogens is 266 g/mol. The maximum absolute atomic E-state index is 11.1. The summed E-state index contributed by atoms with van der Waals surface area (Å²) in [7, 11) is 1.67. The lowest BCUT2D eigenvalue weighted by molar-refractivity contribution is 0.0696. The largest absolute Gasteiger partial charge is 0.478 e. The summed E-state index contributed by atoms with van der Waals surface area (Å²) < 4.78 is 5.19. The molecule has 4 heteroatoms. The Morgan fingerprint density at radius 1 is 1.14 bits per heavy atom. The van der Waals surface area contributed by atoms with Gasteiger partial charge in [-0.1, -0.05) is 30.3 Å². The summed E-state index contributed by atoms with van der Waals surface area (Å²) >= 11 is 0. The zero-order valence-electron chi connectivity index (χ0n) is 12.2. The molecule has 0 radical (unpaired) electrons. The molecule has 2 rings (SSSR count). The second-order valence-electron chi connectivity index (χ2n) is 4.84. The molecule has 2 aromatic carbocycles. The summed E-state index contributed by atoms with van der Waals surface area (Å²) in [6.45, 7) is 3.00. The zero-order chi connectivity index (χ0) is 15.2. The molecule has 0 amide bonds. The molecule has 2 aromatic rings. The Morgan fingerprint density at radius 2 is 1.86 bits per heavy atom. The van der Waals surface area contributed by atoms with Gasteiger partial charge in [0.25, 0.3) is 0 Å². The Balaban J connectivity index is 2.17. The van der Waals surface area contributed by atoms with E-state index < -0.39 is 5.97 Å². The predicted molar refractivity (Wildman–Crippen MR) is 82.6 cm³/mol. The van der Waals surface area contributed by atoms with E-state index in [0.29, 0.717) is 18.7 Å². The first-order valence-electron chi connectivity index (χ1n) is 6.76. The molecule has 0 spiro atoms. The highest BCUT2D eigenvalue weighted by Gasteiger charge is 2.10. The van der Waals surface area contributed by atoms with Crippen molar-refractivity contribution >= 4 is 11.7 Å². The Bertz CT molecular complexity index is 638. The van der Waals surface area contributed by atoms with E-state index in [9.17, 15) is 4.79 Å². The summed E-state index contributed by atoms with van der Waals surface area (Å²) in [6.07, 6.45) is 0. The van der Waals surface area contributed by atoms with Crippen molar-refractivity contribution in [3.63, 3.8) is 0 Å². The second kappa shape index (κ2) is 6.90. The number of ether oxygens (including phenoxy) is 1. The van der Waals surface area contributed by atoms with Gasteiger partial charge in [0.15, 0.2) is 0 Å². The van der Waals surface area contributed by atoms with Crippen LogP contribution in [0.1, 0.15) is 27.0 Å². The zero-order valence-corrected chi connectivity index (χ0v) is 12.2. The smallest absolute Gasteiger partial charge is 0.336 e. The van der Waals surface area contributed by atoms with Gasteiger partial charge in [-0.05, 0) is 35.7 Å². The molecule has 0 atom stereocenters. The first-order chi connectivity index (χ1) is 10.1. The maximum atomic E-state index is 11.1. The molecule has 0 bridgehead atoms. The number of aromatic carboxylic acids is 1. The van der Waals surface area contributed by atoms with Gasteiger partial charge < -0.3 is 15.2 Å². The Morgan fingerprint density at radius 3 is 2.52 bits per heavy atom. The molecule has 0 heterocycles. The van der Waals surface area contributed by atoms with Gasteiger partial charge in [0.05, 0.1) is 12.2 Å². The highest BCUT2D eigenvalue weighted by atomic mass is 16.5. The van der Waals surface area contributed by atoms with E-state index in [1.54, 1.807) is 19.2 Å². The number of methoxy groups -OCH3 is 1. The molecule has 110 valence electrons. The molecule has 0 unspecified atom stereocenters. The average Bonchev–Trinajstić information content (AvgIpc) is 2.47. The lowest BCUT2D eigenvalue weighted by Crippen LogP contribution is -2.07. The van der Waals surface area contributed by atoms with Crippen molar-refractivity contribution in [3.05, 3.63) is 64.7 Å². The number of carbonyl (C=O) groups is 1. The molecule has 0 saturated heterocycles. The van der Waals surface area contributed by atoms with E-state index in [1.165, 1.54) is 0 Å². The monoisotopic (exact) mass is 285 g/mol. The maximum Gasteiger partial charge on any atom is 0.336 e. The van der Waals surface area contributed by atoms with E-state index in [-0.39, 0.29) is 0 Å². The number of rotatable bonds is 6. The number of anilines is 1. The van der Waals surface area contributed by atoms with Crippen LogP contribution in [0.25, 0.3) is 0 Å². The molecule has 0 aromatic heterocycles. The van der Waals surface area contributed by atoms with Crippen LogP contribution in [-0.2, 0) is 17.9 Å². The SMILES string of the molecule is COCc1ccccc1CNc1cccc(C(=O)O)c1C. The number of hydrogen-bond acceptors (Lipinski definition) is 3. The van der Waals surface area contributed by atoms with Crippen LogP contribution >= 0.6 is 0 Å². The summed E-state index contributed by atoms with van der Waals surface area (Å²) in [6, 6.07) is 13.3.